The number of fused-ring (bicyclic) bond motifs is 2. The number of nitrogens with two attached hydrogens (primary N) is 1. The molecule has 0 bridgehead atoms. The zero-order valence-electron chi connectivity index (χ0n) is 16.9. The summed E-state index contributed by atoms with van der Waals surface area (Å²) in [6.45, 7) is 1.16. The van der Waals surface area contributed by atoms with Gasteiger partial charge in [0.2, 0.25) is 5.91 Å². The molecule has 0 fully saturated rings. The summed E-state index contributed by atoms with van der Waals surface area (Å²) in [6.07, 6.45) is 0.0707. The number of nitrogens with zero attached hydrogens (tertiary/aromatic N) is 2. The van der Waals surface area contributed by atoms with E-state index in [4.69, 9.17) is 10.5 Å². The Morgan fingerprint density at radius 1 is 1.06 bits per heavy atom. The van der Waals surface area contributed by atoms with Crippen molar-refractivity contribution in [2.24, 2.45) is 5.73 Å². The maximum absolute atomic E-state index is 13.5. The molecule has 2 aliphatic heterocycles. The largest absolute Gasteiger partial charge is 0.477 e. The van der Waals surface area contributed by atoms with Crippen LogP contribution in [0, 0.1) is 0 Å². The number of primary amides is 1. The molecule has 31 heavy (non-hydrogen) atoms. The highest BCUT2D eigenvalue weighted by Crippen LogP contribution is 2.38. The van der Waals surface area contributed by atoms with Gasteiger partial charge in [-0.2, -0.15) is 0 Å². The Morgan fingerprint density at radius 2 is 1.84 bits per heavy atom. The maximum Gasteiger partial charge on any atom is 0.260 e. The zero-order valence-corrected chi connectivity index (χ0v) is 17.8. The highest BCUT2D eigenvalue weighted by atomic mass is 32.1. The number of amides is 2. The number of thiophene rings is 1. The monoisotopic (exact) mass is 433 g/mol. The lowest BCUT2D eigenvalue weighted by atomic mass is 9.93. The number of hydrogen-bond donors (Lipinski definition) is 1. The normalized spacial score (nSPS) is 20.5. The number of hydrogen-bond acceptors (Lipinski definition) is 5. The van der Waals surface area contributed by atoms with Gasteiger partial charge in [0.1, 0.15) is 5.75 Å². The molecule has 0 aliphatic carbocycles. The summed E-state index contributed by atoms with van der Waals surface area (Å²) in [5.41, 5.74) is 8.62. The fraction of sp³-hybridized carbons (Fsp3) is 0.250. The molecule has 6 nitrogen and oxygen atoms in total. The van der Waals surface area contributed by atoms with Gasteiger partial charge in [0.05, 0.1) is 24.8 Å². The number of ether oxygens (including phenoxy) is 1. The second-order valence-electron chi connectivity index (χ2n) is 7.81. The van der Waals surface area contributed by atoms with Crippen molar-refractivity contribution in [2.75, 3.05) is 24.5 Å². The Labute approximate surface area is 184 Å². The number of anilines is 1. The molecule has 0 spiro atoms. The number of benzene rings is 2. The fourth-order valence-corrected chi connectivity index (χ4v) is 5.35. The van der Waals surface area contributed by atoms with E-state index in [-0.39, 0.29) is 25.0 Å². The fourth-order valence-electron chi connectivity index (χ4n) is 4.44. The van der Waals surface area contributed by atoms with Crippen LogP contribution in [0.5, 0.6) is 5.75 Å². The third-order valence-corrected chi connectivity index (χ3v) is 6.91. The van der Waals surface area contributed by atoms with Crippen LogP contribution in [0.15, 0.2) is 66.0 Å². The predicted octanol–water partition coefficient (Wildman–Crippen LogP) is 2.98. The van der Waals surface area contributed by atoms with Crippen LogP contribution in [0.1, 0.15) is 22.0 Å². The maximum atomic E-state index is 13.5. The molecule has 0 saturated heterocycles. The first kappa shape index (κ1) is 19.8. The van der Waals surface area contributed by atoms with Gasteiger partial charge in [0.15, 0.2) is 6.10 Å². The van der Waals surface area contributed by atoms with Gasteiger partial charge in [-0.15, -0.1) is 11.3 Å². The number of carbonyl (C=O) groups is 2. The van der Waals surface area contributed by atoms with E-state index in [9.17, 15) is 9.59 Å². The van der Waals surface area contributed by atoms with Crippen molar-refractivity contribution in [1.82, 2.24) is 4.90 Å². The van der Waals surface area contributed by atoms with E-state index < -0.39 is 12.0 Å². The molecule has 0 unspecified atom stereocenters. The van der Waals surface area contributed by atoms with Gasteiger partial charge in [-0.05, 0) is 41.1 Å². The molecule has 0 saturated carbocycles. The van der Waals surface area contributed by atoms with E-state index in [0.29, 0.717) is 11.4 Å². The van der Waals surface area contributed by atoms with Gasteiger partial charge >= 0.3 is 0 Å². The highest BCUT2D eigenvalue weighted by Gasteiger charge is 2.36. The van der Waals surface area contributed by atoms with Crippen LogP contribution in [0.25, 0.3) is 0 Å². The highest BCUT2D eigenvalue weighted by molar-refractivity contribution is 7.10. The van der Waals surface area contributed by atoms with Crippen molar-refractivity contribution < 1.29 is 14.3 Å². The third kappa shape index (κ3) is 3.71. The number of para-hydroxylation sites is 2. The molecular formula is C24H23N3O3S. The van der Waals surface area contributed by atoms with Crippen molar-refractivity contribution in [2.45, 2.75) is 18.6 Å². The summed E-state index contributed by atoms with van der Waals surface area (Å²) in [4.78, 5) is 30.6. The molecular weight excluding hydrogens is 410 g/mol. The molecule has 2 aromatic carbocycles. The van der Waals surface area contributed by atoms with Crippen molar-refractivity contribution in [1.29, 1.82) is 0 Å². The van der Waals surface area contributed by atoms with Crippen LogP contribution < -0.4 is 15.4 Å². The number of carbonyl (C=O) groups excluding carboxylic acids is 2. The van der Waals surface area contributed by atoms with Crippen molar-refractivity contribution in [3.05, 3.63) is 82.0 Å². The molecule has 2 atom stereocenters. The van der Waals surface area contributed by atoms with Crippen LogP contribution in [0.4, 0.5) is 5.69 Å². The van der Waals surface area contributed by atoms with Crippen LogP contribution >= 0.6 is 11.3 Å². The van der Waals surface area contributed by atoms with Crippen molar-refractivity contribution >= 4 is 28.8 Å². The van der Waals surface area contributed by atoms with E-state index in [1.807, 2.05) is 36.4 Å². The van der Waals surface area contributed by atoms with Crippen molar-refractivity contribution in [3.63, 3.8) is 0 Å². The Bertz CT molecular complexity index is 1110. The molecule has 2 N–H and O–H groups in total. The van der Waals surface area contributed by atoms with E-state index in [1.54, 1.807) is 22.3 Å². The molecule has 158 valence electrons. The average molecular weight is 434 g/mol. The predicted molar refractivity (Wildman–Crippen MR) is 120 cm³/mol. The lowest BCUT2D eigenvalue weighted by molar-refractivity contribution is -0.125. The first-order valence-corrected chi connectivity index (χ1v) is 11.2. The minimum Gasteiger partial charge on any atom is -0.477 e. The lowest BCUT2D eigenvalue weighted by Crippen LogP contribution is -2.52. The second-order valence-corrected chi connectivity index (χ2v) is 8.81. The summed E-state index contributed by atoms with van der Waals surface area (Å²) in [5, 5.41) is 2.13. The van der Waals surface area contributed by atoms with Gasteiger partial charge < -0.3 is 15.4 Å². The molecule has 7 heteroatoms. The van der Waals surface area contributed by atoms with Crippen molar-refractivity contribution in [3.8, 4) is 5.75 Å². The topological polar surface area (TPSA) is 75.9 Å². The molecule has 5 rings (SSSR count). The van der Waals surface area contributed by atoms with Crippen LogP contribution in [-0.2, 0) is 16.0 Å². The third-order valence-electron chi connectivity index (χ3n) is 5.91. The SMILES string of the molecule is NC(=O)[C@@H]1CN(C(=O)CN2CCc3sccc3[C@H]2c2ccccc2)c2ccccc2O1. The van der Waals surface area contributed by atoms with Crippen LogP contribution in [0.3, 0.4) is 0 Å². The molecule has 2 aliphatic rings. The summed E-state index contributed by atoms with van der Waals surface area (Å²) >= 11 is 1.78. The first-order chi connectivity index (χ1) is 15.1. The van der Waals surface area contributed by atoms with E-state index in [1.165, 1.54) is 16.0 Å². The zero-order chi connectivity index (χ0) is 21.4. The first-order valence-electron chi connectivity index (χ1n) is 10.3. The smallest absolute Gasteiger partial charge is 0.260 e. The molecule has 3 aromatic rings. The lowest BCUT2D eigenvalue weighted by Gasteiger charge is -2.38. The average Bonchev–Trinajstić information content (AvgIpc) is 3.27. The Morgan fingerprint density at radius 3 is 2.65 bits per heavy atom. The van der Waals surface area contributed by atoms with Crippen LogP contribution in [-0.4, -0.2) is 42.5 Å². The Balaban J connectivity index is 1.45. The van der Waals surface area contributed by atoms with Gasteiger partial charge in [0.25, 0.3) is 5.91 Å². The van der Waals surface area contributed by atoms with Gasteiger partial charge in [0, 0.05) is 11.4 Å². The van der Waals surface area contributed by atoms with E-state index in [2.05, 4.69) is 28.5 Å². The number of rotatable bonds is 4. The molecule has 2 amide bonds. The minimum absolute atomic E-state index is 0.0309. The quantitative estimate of drug-likeness (QED) is 0.686. The Kier molecular flexibility index (Phi) is 5.21. The molecule has 3 heterocycles. The van der Waals surface area contributed by atoms with E-state index >= 15 is 0 Å². The molecule has 1 aromatic heterocycles. The summed E-state index contributed by atoms with van der Waals surface area (Å²) < 4.78 is 5.71. The van der Waals surface area contributed by atoms with Gasteiger partial charge in [-0.1, -0.05) is 42.5 Å². The summed E-state index contributed by atoms with van der Waals surface area (Å²) in [5.74, 6) is -0.138. The second kappa shape index (κ2) is 8.17. The minimum atomic E-state index is -0.853. The standard InChI is InChI=1S/C24H23N3O3S/c25-24(29)20-14-27(18-8-4-5-9-19(18)30-20)22(28)15-26-12-10-21-17(11-13-31-21)23(26)16-6-2-1-3-7-16/h1-9,11,13,20,23H,10,12,14-15H2,(H2,25,29)/t20-,23+/m0/s1. The van der Waals surface area contributed by atoms with E-state index in [0.717, 1.165) is 13.0 Å². The van der Waals surface area contributed by atoms with Gasteiger partial charge in [-0.3, -0.25) is 14.5 Å². The summed E-state index contributed by atoms with van der Waals surface area (Å²) in [6, 6.07) is 19.8. The summed E-state index contributed by atoms with van der Waals surface area (Å²) in [7, 11) is 0. The molecule has 0 radical (unpaired) electrons. The van der Waals surface area contributed by atoms with Gasteiger partial charge in [-0.25, -0.2) is 0 Å². The van der Waals surface area contributed by atoms with Crippen LogP contribution in [0.2, 0.25) is 0 Å². The Hall–Kier alpha value is -3.16.